The molecule has 1 atom stereocenters. The van der Waals surface area contributed by atoms with E-state index >= 15 is 0 Å². The van der Waals surface area contributed by atoms with Crippen molar-refractivity contribution in [2.45, 2.75) is 40.7 Å². The van der Waals surface area contributed by atoms with Gasteiger partial charge in [0.15, 0.2) is 11.6 Å². The van der Waals surface area contributed by atoms with Crippen LogP contribution in [0.2, 0.25) is 0 Å². The van der Waals surface area contributed by atoms with Crippen molar-refractivity contribution in [1.29, 1.82) is 0 Å². The number of hydrogen-bond donors (Lipinski definition) is 1. The van der Waals surface area contributed by atoms with E-state index in [4.69, 9.17) is 4.42 Å². The van der Waals surface area contributed by atoms with Crippen LogP contribution in [0, 0.1) is 27.7 Å². The molecular formula is C20H20N4O2S2. The summed E-state index contributed by atoms with van der Waals surface area (Å²) in [6.45, 7) is 9.82. The maximum Gasteiger partial charge on any atom is 0.262 e. The number of fused-ring (bicyclic) bond motifs is 1. The molecule has 0 aliphatic heterocycles. The Morgan fingerprint density at radius 1 is 1.11 bits per heavy atom. The van der Waals surface area contributed by atoms with E-state index in [1.807, 2.05) is 40.7 Å². The third kappa shape index (κ3) is 3.22. The van der Waals surface area contributed by atoms with Crippen molar-refractivity contribution in [3.63, 3.8) is 0 Å². The number of aromatic nitrogens is 3. The van der Waals surface area contributed by atoms with Crippen molar-refractivity contribution in [3.05, 3.63) is 50.1 Å². The fourth-order valence-corrected chi connectivity index (χ4v) is 5.41. The third-order valence-electron chi connectivity index (χ3n) is 4.60. The van der Waals surface area contributed by atoms with E-state index in [-0.39, 0.29) is 11.9 Å². The smallest absolute Gasteiger partial charge is 0.262 e. The first-order chi connectivity index (χ1) is 13.3. The number of carbonyl (C=O) groups is 1. The lowest BCUT2D eigenvalue weighted by Gasteiger charge is -2.12. The molecular weight excluding hydrogens is 392 g/mol. The number of thiazole rings is 1. The van der Waals surface area contributed by atoms with Gasteiger partial charge in [0, 0.05) is 10.3 Å². The number of hydrogen-bond acceptors (Lipinski definition) is 7. The largest absolute Gasteiger partial charge is 0.461 e. The van der Waals surface area contributed by atoms with Crippen LogP contribution in [-0.2, 0) is 0 Å². The predicted molar refractivity (Wildman–Crippen MR) is 112 cm³/mol. The van der Waals surface area contributed by atoms with Gasteiger partial charge in [0.1, 0.15) is 4.83 Å². The van der Waals surface area contributed by atoms with Gasteiger partial charge >= 0.3 is 0 Å². The normalized spacial score (nSPS) is 12.5. The molecule has 6 nitrogen and oxygen atoms in total. The number of rotatable bonds is 4. The minimum Gasteiger partial charge on any atom is -0.461 e. The number of furan rings is 1. The van der Waals surface area contributed by atoms with Crippen LogP contribution in [0.1, 0.15) is 49.5 Å². The molecule has 4 aromatic rings. The molecule has 144 valence electrons. The lowest BCUT2D eigenvalue weighted by molar-refractivity contribution is 0.0944. The predicted octanol–water partition coefficient (Wildman–Crippen LogP) is 5.13. The monoisotopic (exact) mass is 412 g/mol. The fourth-order valence-electron chi connectivity index (χ4n) is 3.35. The first-order valence-corrected chi connectivity index (χ1v) is 10.5. The van der Waals surface area contributed by atoms with E-state index in [1.165, 1.54) is 11.3 Å². The van der Waals surface area contributed by atoms with E-state index in [0.29, 0.717) is 16.5 Å². The molecule has 4 heterocycles. The number of thiophene rings is 1. The first-order valence-electron chi connectivity index (χ1n) is 8.91. The molecule has 1 amide bonds. The van der Waals surface area contributed by atoms with Crippen LogP contribution in [0.5, 0.6) is 0 Å². The van der Waals surface area contributed by atoms with Crippen LogP contribution in [0.3, 0.4) is 0 Å². The molecule has 28 heavy (non-hydrogen) atoms. The number of nitrogens with zero attached hydrogens (tertiary/aromatic N) is 3. The molecule has 4 rings (SSSR count). The Labute approximate surface area is 170 Å². The number of carbonyl (C=O) groups excluding carboxylic acids is 1. The summed E-state index contributed by atoms with van der Waals surface area (Å²) in [6.07, 6.45) is 1.60. The SMILES string of the molecule is Cc1nc(C)c([C@H](C)NC(=O)c2sc3nc(-c4ccco4)nc(C)c3c2C)s1. The second-order valence-electron chi connectivity index (χ2n) is 6.72. The van der Waals surface area contributed by atoms with Crippen LogP contribution in [-0.4, -0.2) is 20.9 Å². The summed E-state index contributed by atoms with van der Waals surface area (Å²) in [7, 11) is 0. The second-order valence-corrected chi connectivity index (χ2v) is 8.96. The van der Waals surface area contributed by atoms with Gasteiger partial charge in [-0.05, 0) is 52.3 Å². The van der Waals surface area contributed by atoms with Crippen molar-refractivity contribution in [2.75, 3.05) is 0 Å². The summed E-state index contributed by atoms with van der Waals surface area (Å²) in [5, 5.41) is 5.04. The molecule has 1 N–H and O–H groups in total. The number of aryl methyl sites for hydroxylation is 4. The van der Waals surface area contributed by atoms with Gasteiger partial charge in [0.2, 0.25) is 0 Å². The zero-order valence-electron chi connectivity index (χ0n) is 16.3. The van der Waals surface area contributed by atoms with Crippen molar-refractivity contribution in [1.82, 2.24) is 20.3 Å². The highest BCUT2D eigenvalue weighted by Crippen LogP contribution is 2.33. The molecule has 0 spiro atoms. The van der Waals surface area contributed by atoms with Gasteiger partial charge < -0.3 is 9.73 Å². The van der Waals surface area contributed by atoms with Gasteiger partial charge in [-0.1, -0.05) is 0 Å². The molecule has 0 aliphatic rings. The second kappa shape index (κ2) is 7.10. The summed E-state index contributed by atoms with van der Waals surface area (Å²) >= 11 is 3.00. The minimum absolute atomic E-state index is 0.0996. The van der Waals surface area contributed by atoms with Crippen molar-refractivity contribution in [3.8, 4) is 11.6 Å². The Hall–Kier alpha value is -2.58. The van der Waals surface area contributed by atoms with E-state index in [2.05, 4.69) is 20.3 Å². The zero-order chi connectivity index (χ0) is 20.0. The summed E-state index contributed by atoms with van der Waals surface area (Å²) < 4.78 is 5.42. The van der Waals surface area contributed by atoms with Crippen LogP contribution in [0.25, 0.3) is 21.8 Å². The lowest BCUT2D eigenvalue weighted by Crippen LogP contribution is -2.26. The Morgan fingerprint density at radius 3 is 2.54 bits per heavy atom. The topological polar surface area (TPSA) is 80.9 Å². The minimum atomic E-state index is -0.103. The number of nitrogens with one attached hydrogen (secondary N) is 1. The quantitative estimate of drug-likeness (QED) is 0.502. The molecule has 0 aromatic carbocycles. The van der Waals surface area contributed by atoms with Gasteiger partial charge in [-0.25, -0.2) is 15.0 Å². The molecule has 0 radical (unpaired) electrons. The molecule has 0 bridgehead atoms. The van der Waals surface area contributed by atoms with Crippen molar-refractivity contribution < 1.29 is 9.21 Å². The van der Waals surface area contributed by atoms with Gasteiger partial charge in [0.05, 0.1) is 33.6 Å². The maximum atomic E-state index is 13.0. The summed E-state index contributed by atoms with van der Waals surface area (Å²) in [6, 6.07) is 3.53. The van der Waals surface area contributed by atoms with Crippen molar-refractivity contribution >= 4 is 38.8 Å². The summed E-state index contributed by atoms with van der Waals surface area (Å²) in [5.74, 6) is 1.05. The van der Waals surface area contributed by atoms with Gasteiger partial charge in [-0.2, -0.15) is 0 Å². The van der Waals surface area contributed by atoms with E-state index in [1.54, 1.807) is 23.7 Å². The highest BCUT2D eigenvalue weighted by Gasteiger charge is 2.22. The van der Waals surface area contributed by atoms with Crippen LogP contribution in [0.4, 0.5) is 0 Å². The lowest BCUT2D eigenvalue weighted by atomic mass is 10.1. The Balaban J connectivity index is 1.68. The van der Waals surface area contributed by atoms with Gasteiger partial charge in [0.25, 0.3) is 5.91 Å². The average Bonchev–Trinajstić information content (AvgIpc) is 3.34. The van der Waals surface area contributed by atoms with E-state index in [0.717, 1.165) is 37.1 Å². The zero-order valence-corrected chi connectivity index (χ0v) is 17.9. The van der Waals surface area contributed by atoms with E-state index in [9.17, 15) is 4.79 Å². The molecule has 0 saturated heterocycles. The molecule has 0 aliphatic carbocycles. The van der Waals surface area contributed by atoms with Crippen LogP contribution in [0.15, 0.2) is 22.8 Å². The summed E-state index contributed by atoms with van der Waals surface area (Å²) in [4.78, 5) is 29.2. The molecule has 8 heteroatoms. The first kappa shape index (κ1) is 18.8. The van der Waals surface area contributed by atoms with Crippen LogP contribution >= 0.6 is 22.7 Å². The van der Waals surface area contributed by atoms with Gasteiger partial charge in [-0.15, -0.1) is 22.7 Å². The summed E-state index contributed by atoms with van der Waals surface area (Å²) in [5.41, 5.74) is 2.71. The maximum absolute atomic E-state index is 13.0. The number of amides is 1. The standard InChI is InChI=1S/C20H20N4O2S2/c1-9-15-10(2)22-18(14-7-6-8-26-14)24-20(15)28-16(9)19(25)23-12(4)17-11(3)21-13(5)27-17/h6-8,12H,1-5H3,(H,23,25)/t12-/m0/s1. The third-order valence-corrected chi connectivity index (χ3v) is 7.04. The average molecular weight is 413 g/mol. The fraction of sp³-hybridized carbons (Fsp3) is 0.300. The Kier molecular flexibility index (Phi) is 4.76. The molecule has 4 aromatic heterocycles. The Morgan fingerprint density at radius 2 is 1.89 bits per heavy atom. The van der Waals surface area contributed by atoms with Crippen LogP contribution < -0.4 is 5.32 Å². The molecule has 0 saturated carbocycles. The van der Waals surface area contributed by atoms with Gasteiger partial charge in [-0.3, -0.25) is 4.79 Å². The highest BCUT2D eigenvalue weighted by atomic mass is 32.1. The Bertz CT molecular complexity index is 1170. The van der Waals surface area contributed by atoms with Crippen molar-refractivity contribution in [2.24, 2.45) is 0 Å². The molecule has 0 fully saturated rings. The van der Waals surface area contributed by atoms with E-state index < -0.39 is 0 Å². The highest BCUT2D eigenvalue weighted by molar-refractivity contribution is 7.20. The molecule has 0 unspecified atom stereocenters.